The van der Waals surface area contributed by atoms with Gasteiger partial charge in [-0.25, -0.2) is 0 Å². The average Bonchev–Trinajstić information content (AvgIpc) is 2.47. The number of nitrogens with one attached hydrogen (secondary N) is 1. The number of carbonyl (C=O) groups is 1. The van der Waals surface area contributed by atoms with Gasteiger partial charge in [0.2, 0.25) is 5.91 Å². The van der Waals surface area contributed by atoms with E-state index in [1.165, 1.54) is 44.9 Å². The van der Waals surface area contributed by atoms with E-state index in [2.05, 4.69) is 5.32 Å². The van der Waals surface area contributed by atoms with Gasteiger partial charge < -0.3 is 10.2 Å². The zero-order chi connectivity index (χ0) is 13.5. The fraction of sp³-hybridized carbons (Fsp3) is 0.938. The Bertz CT molecular complexity index is 268. The molecule has 0 unspecified atom stereocenters. The highest BCUT2D eigenvalue weighted by atomic mass is 16.2. The van der Waals surface area contributed by atoms with E-state index in [4.69, 9.17) is 0 Å². The maximum Gasteiger partial charge on any atom is 0.222 e. The first-order chi connectivity index (χ1) is 9.25. The zero-order valence-electron chi connectivity index (χ0n) is 12.5. The van der Waals surface area contributed by atoms with E-state index in [9.17, 15) is 4.79 Å². The molecule has 1 saturated carbocycles. The van der Waals surface area contributed by atoms with Crippen LogP contribution in [-0.4, -0.2) is 37.5 Å². The molecule has 3 heteroatoms. The maximum absolute atomic E-state index is 12.2. The van der Waals surface area contributed by atoms with Crippen molar-refractivity contribution in [3.63, 3.8) is 0 Å². The molecule has 19 heavy (non-hydrogen) atoms. The van der Waals surface area contributed by atoms with Crippen LogP contribution in [0.2, 0.25) is 0 Å². The van der Waals surface area contributed by atoms with Gasteiger partial charge in [-0.2, -0.15) is 0 Å². The van der Waals surface area contributed by atoms with Crippen molar-refractivity contribution in [1.29, 1.82) is 0 Å². The predicted octanol–water partition coefficient (Wildman–Crippen LogP) is 2.80. The number of hydrogen-bond acceptors (Lipinski definition) is 2. The summed E-state index contributed by atoms with van der Waals surface area (Å²) in [5.41, 5.74) is 0. The number of hydrogen-bond donors (Lipinski definition) is 1. The summed E-state index contributed by atoms with van der Waals surface area (Å²) < 4.78 is 0. The second-order valence-corrected chi connectivity index (χ2v) is 6.51. The minimum Gasteiger partial charge on any atom is -0.345 e. The van der Waals surface area contributed by atoms with Crippen molar-refractivity contribution < 1.29 is 4.79 Å². The molecule has 1 aliphatic heterocycles. The Hall–Kier alpha value is -0.570. The summed E-state index contributed by atoms with van der Waals surface area (Å²) in [5, 5.41) is 3.38. The van der Waals surface area contributed by atoms with E-state index in [-0.39, 0.29) is 0 Å². The standard InChI is InChI=1S/C16H30N2O/c1-18(13-15-5-3-2-4-6-15)16(19)8-7-14-9-11-17-12-10-14/h14-15,17H,2-13H2,1H3. The third kappa shape index (κ3) is 5.13. The Morgan fingerprint density at radius 2 is 1.74 bits per heavy atom. The van der Waals surface area contributed by atoms with E-state index in [0.717, 1.165) is 44.3 Å². The molecule has 0 aromatic carbocycles. The lowest BCUT2D eigenvalue weighted by Gasteiger charge is -2.28. The molecule has 1 heterocycles. The highest BCUT2D eigenvalue weighted by Crippen LogP contribution is 2.24. The largest absolute Gasteiger partial charge is 0.345 e. The summed E-state index contributed by atoms with van der Waals surface area (Å²) in [6.07, 6.45) is 11.1. The minimum atomic E-state index is 0.365. The van der Waals surface area contributed by atoms with Crippen LogP contribution in [0.15, 0.2) is 0 Å². The Balaban J connectivity index is 1.63. The Morgan fingerprint density at radius 1 is 1.05 bits per heavy atom. The summed E-state index contributed by atoms with van der Waals surface area (Å²) in [5.74, 6) is 1.90. The third-order valence-electron chi connectivity index (χ3n) is 4.91. The molecule has 0 bridgehead atoms. The molecule has 0 aromatic rings. The molecular formula is C16H30N2O. The van der Waals surface area contributed by atoms with Gasteiger partial charge in [0, 0.05) is 20.0 Å². The third-order valence-corrected chi connectivity index (χ3v) is 4.91. The summed E-state index contributed by atoms with van der Waals surface area (Å²) in [6, 6.07) is 0. The van der Waals surface area contributed by atoms with Gasteiger partial charge in [-0.1, -0.05) is 19.3 Å². The first-order valence-corrected chi connectivity index (χ1v) is 8.20. The lowest BCUT2D eigenvalue weighted by Crippen LogP contribution is -2.33. The first kappa shape index (κ1) is 14.8. The average molecular weight is 266 g/mol. The van der Waals surface area contributed by atoms with Crippen molar-refractivity contribution >= 4 is 5.91 Å². The van der Waals surface area contributed by atoms with Gasteiger partial charge in [-0.05, 0) is 57.0 Å². The van der Waals surface area contributed by atoms with E-state index in [1.54, 1.807) is 0 Å². The Labute approximate surface area is 118 Å². The molecule has 0 aromatic heterocycles. The molecule has 2 rings (SSSR count). The summed E-state index contributed by atoms with van der Waals surface area (Å²) >= 11 is 0. The molecule has 0 atom stereocenters. The number of nitrogens with zero attached hydrogens (tertiary/aromatic N) is 1. The smallest absolute Gasteiger partial charge is 0.222 e. The molecule has 1 N–H and O–H groups in total. The molecular weight excluding hydrogens is 236 g/mol. The van der Waals surface area contributed by atoms with E-state index >= 15 is 0 Å². The lowest BCUT2D eigenvalue weighted by atomic mass is 9.89. The Kier molecular flexibility index (Phi) is 6.15. The van der Waals surface area contributed by atoms with Crippen LogP contribution >= 0.6 is 0 Å². The van der Waals surface area contributed by atoms with E-state index < -0.39 is 0 Å². The second kappa shape index (κ2) is 7.88. The molecule has 110 valence electrons. The van der Waals surface area contributed by atoms with Gasteiger partial charge in [-0.3, -0.25) is 4.79 Å². The summed E-state index contributed by atoms with van der Waals surface area (Å²) in [7, 11) is 2.00. The van der Waals surface area contributed by atoms with Gasteiger partial charge in [0.15, 0.2) is 0 Å². The van der Waals surface area contributed by atoms with Crippen LogP contribution in [0.4, 0.5) is 0 Å². The zero-order valence-corrected chi connectivity index (χ0v) is 12.5. The highest BCUT2D eigenvalue weighted by Gasteiger charge is 2.19. The number of rotatable bonds is 5. The van der Waals surface area contributed by atoms with Crippen LogP contribution in [0.5, 0.6) is 0 Å². The van der Waals surface area contributed by atoms with E-state index in [1.807, 2.05) is 11.9 Å². The van der Waals surface area contributed by atoms with Crippen LogP contribution in [0.3, 0.4) is 0 Å². The molecule has 0 spiro atoms. The van der Waals surface area contributed by atoms with Crippen molar-refractivity contribution in [2.75, 3.05) is 26.7 Å². The van der Waals surface area contributed by atoms with Crippen molar-refractivity contribution in [2.45, 2.75) is 57.8 Å². The maximum atomic E-state index is 12.2. The number of piperidine rings is 1. The van der Waals surface area contributed by atoms with Crippen LogP contribution in [-0.2, 0) is 4.79 Å². The van der Waals surface area contributed by atoms with Gasteiger partial charge >= 0.3 is 0 Å². The molecule has 2 aliphatic rings. The SMILES string of the molecule is CN(CC1CCCCC1)C(=O)CCC1CCNCC1. The van der Waals surface area contributed by atoms with Crippen LogP contribution in [0, 0.1) is 11.8 Å². The molecule has 1 amide bonds. The second-order valence-electron chi connectivity index (χ2n) is 6.51. The molecule has 1 saturated heterocycles. The van der Waals surface area contributed by atoms with Crippen molar-refractivity contribution in [3.8, 4) is 0 Å². The van der Waals surface area contributed by atoms with Gasteiger partial charge in [0.05, 0.1) is 0 Å². The van der Waals surface area contributed by atoms with Crippen LogP contribution in [0.25, 0.3) is 0 Å². The normalized spacial score (nSPS) is 22.4. The molecule has 0 radical (unpaired) electrons. The molecule has 1 aliphatic carbocycles. The number of carbonyl (C=O) groups excluding carboxylic acids is 1. The van der Waals surface area contributed by atoms with Crippen molar-refractivity contribution in [2.24, 2.45) is 11.8 Å². The highest BCUT2D eigenvalue weighted by molar-refractivity contribution is 5.75. The van der Waals surface area contributed by atoms with Crippen LogP contribution in [0.1, 0.15) is 57.8 Å². The fourth-order valence-electron chi connectivity index (χ4n) is 3.55. The van der Waals surface area contributed by atoms with Gasteiger partial charge in [-0.15, -0.1) is 0 Å². The van der Waals surface area contributed by atoms with Crippen molar-refractivity contribution in [3.05, 3.63) is 0 Å². The topological polar surface area (TPSA) is 32.3 Å². The summed E-state index contributed by atoms with van der Waals surface area (Å²) in [6.45, 7) is 3.26. The minimum absolute atomic E-state index is 0.365. The number of amides is 1. The molecule has 2 fully saturated rings. The van der Waals surface area contributed by atoms with Crippen LogP contribution < -0.4 is 5.32 Å². The van der Waals surface area contributed by atoms with E-state index in [0.29, 0.717) is 5.91 Å². The fourth-order valence-corrected chi connectivity index (χ4v) is 3.55. The summed E-state index contributed by atoms with van der Waals surface area (Å²) in [4.78, 5) is 14.2. The predicted molar refractivity (Wildman–Crippen MR) is 79.0 cm³/mol. The first-order valence-electron chi connectivity index (χ1n) is 8.20. The van der Waals surface area contributed by atoms with Gasteiger partial charge in [0.25, 0.3) is 0 Å². The molecule has 3 nitrogen and oxygen atoms in total. The Morgan fingerprint density at radius 3 is 2.42 bits per heavy atom. The monoisotopic (exact) mass is 266 g/mol. The quantitative estimate of drug-likeness (QED) is 0.830. The lowest BCUT2D eigenvalue weighted by molar-refractivity contribution is -0.131. The van der Waals surface area contributed by atoms with Gasteiger partial charge in [0.1, 0.15) is 0 Å². The van der Waals surface area contributed by atoms with Crippen molar-refractivity contribution in [1.82, 2.24) is 10.2 Å².